The molecule has 126 valence electrons. The molecule has 2 heterocycles. The maximum Gasteiger partial charge on any atom is 0.404 e. The molecule has 0 saturated carbocycles. The van der Waals surface area contributed by atoms with Crippen LogP contribution in [0.25, 0.3) is 10.9 Å². The van der Waals surface area contributed by atoms with E-state index < -0.39 is 6.09 Å². The number of nitrogens with zero attached hydrogens (tertiary/aromatic N) is 2. The van der Waals surface area contributed by atoms with Crippen molar-refractivity contribution in [3.05, 3.63) is 33.9 Å². The fraction of sp³-hybridized carbons (Fsp3) is 0.444. The number of benzene rings is 1. The van der Waals surface area contributed by atoms with Crippen molar-refractivity contribution in [1.29, 1.82) is 0 Å². The van der Waals surface area contributed by atoms with Gasteiger partial charge in [-0.25, -0.2) is 4.79 Å². The first-order valence-corrected chi connectivity index (χ1v) is 9.23. The minimum absolute atomic E-state index is 0.128. The Labute approximate surface area is 149 Å². The molecule has 1 amide bonds. The predicted molar refractivity (Wildman–Crippen MR) is 97.4 cm³/mol. The summed E-state index contributed by atoms with van der Waals surface area (Å²) < 4.78 is 6.27. The molecule has 1 aliphatic carbocycles. The number of fused-ring (bicyclic) bond motifs is 2. The van der Waals surface area contributed by atoms with E-state index in [2.05, 4.69) is 33.0 Å². The van der Waals surface area contributed by atoms with Crippen LogP contribution in [0.3, 0.4) is 0 Å². The first-order chi connectivity index (χ1) is 11.6. The van der Waals surface area contributed by atoms with Gasteiger partial charge in [0.25, 0.3) is 0 Å². The van der Waals surface area contributed by atoms with Crippen molar-refractivity contribution in [2.45, 2.75) is 38.2 Å². The molecular formula is C18H20BrN3O2. The van der Waals surface area contributed by atoms with Crippen molar-refractivity contribution >= 4 is 38.6 Å². The van der Waals surface area contributed by atoms with Gasteiger partial charge in [0.05, 0.1) is 17.7 Å². The highest BCUT2D eigenvalue weighted by molar-refractivity contribution is 9.10. The number of amides is 1. The summed E-state index contributed by atoms with van der Waals surface area (Å²) in [6, 6.07) is 6.26. The number of primary amides is 1. The molecule has 1 fully saturated rings. The highest BCUT2D eigenvalue weighted by Gasteiger charge is 2.29. The molecule has 2 aliphatic rings. The third-order valence-corrected chi connectivity index (χ3v) is 5.43. The van der Waals surface area contributed by atoms with Crippen LogP contribution < -0.4 is 10.6 Å². The summed E-state index contributed by atoms with van der Waals surface area (Å²) in [5.74, 6) is 0. The second kappa shape index (κ2) is 6.24. The lowest BCUT2D eigenvalue weighted by Crippen LogP contribution is -2.28. The van der Waals surface area contributed by atoms with Gasteiger partial charge in [0.2, 0.25) is 0 Å². The third-order valence-electron chi connectivity index (χ3n) is 4.94. The molecule has 1 aliphatic heterocycles. The Kier molecular flexibility index (Phi) is 4.08. The zero-order valence-electron chi connectivity index (χ0n) is 13.4. The molecule has 1 saturated heterocycles. The fourth-order valence-corrected chi connectivity index (χ4v) is 4.29. The van der Waals surface area contributed by atoms with Crippen LogP contribution in [0, 0.1) is 0 Å². The van der Waals surface area contributed by atoms with Gasteiger partial charge in [-0.15, -0.1) is 0 Å². The number of hydrogen-bond acceptors (Lipinski definition) is 4. The van der Waals surface area contributed by atoms with Gasteiger partial charge in [0, 0.05) is 28.5 Å². The van der Waals surface area contributed by atoms with Crippen LogP contribution in [0.5, 0.6) is 0 Å². The normalized spacial score (nSPS) is 20.2. The van der Waals surface area contributed by atoms with Gasteiger partial charge in [-0.1, -0.05) is 15.9 Å². The Morgan fingerprint density at radius 2 is 2.17 bits per heavy atom. The molecule has 5 nitrogen and oxygen atoms in total. The number of hydrogen-bond donors (Lipinski definition) is 1. The third kappa shape index (κ3) is 2.83. The lowest BCUT2D eigenvalue weighted by molar-refractivity contribution is 0.117. The number of aryl methyl sites for hydroxylation is 1. The van der Waals surface area contributed by atoms with Gasteiger partial charge in [-0.2, -0.15) is 0 Å². The molecule has 24 heavy (non-hydrogen) atoms. The summed E-state index contributed by atoms with van der Waals surface area (Å²) in [5, 5.41) is 1.17. The van der Waals surface area contributed by atoms with E-state index in [9.17, 15) is 4.79 Å². The molecule has 0 bridgehead atoms. The Morgan fingerprint density at radius 3 is 3.00 bits per heavy atom. The number of nitrogens with two attached hydrogens (primary N) is 1. The van der Waals surface area contributed by atoms with Crippen molar-refractivity contribution in [2.24, 2.45) is 5.73 Å². The topological polar surface area (TPSA) is 68.5 Å². The van der Waals surface area contributed by atoms with Gasteiger partial charge >= 0.3 is 6.09 Å². The first kappa shape index (κ1) is 15.7. The van der Waals surface area contributed by atoms with Crippen molar-refractivity contribution in [3.63, 3.8) is 0 Å². The van der Waals surface area contributed by atoms with Gasteiger partial charge in [0.1, 0.15) is 6.10 Å². The molecule has 1 aromatic heterocycles. The predicted octanol–water partition coefficient (Wildman–Crippen LogP) is 3.55. The number of carbonyl (C=O) groups excluding carboxylic acids is 1. The Hall–Kier alpha value is -1.82. The summed E-state index contributed by atoms with van der Waals surface area (Å²) in [6.07, 6.45) is 4.52. The molecule has 4 rings (SSSR count). The van der Waals surface area contributed by atoms with E-state index in [-0.39, 0.29) is 6.10 Å². The Bertz CT molecular complexity index is 808. The lowest BCUT2D eigenvalue weighted by Gasteiger charge is -2.27. The Morgan fingerprint density at radius 1 is 1.33 bits per heavy atom. The summed E-state index contributed by atoms with van der Waals surface area (Å²) >= 11 is 3.58. The molecule has 2 N–H and O–H groups in total. The molecule has 0 unspecified atom stereocenters. The largest absolute Gasteiger partial charge is 0.444 e. The SMILES string of the molecule is NC(=O)O[C@@H]1CCN(c2c3c(nc4ccc(Br)cc24)CCCC3)C1. The maximum absolute atomic E-state index is 11.1. The van der Waals surface area contributed by atoms with Crippen LogP contribution in [0.1, 0.15) is 30.5 Å². The number of carbonyl (C=O) groups is 1. The highest BCUT2D eigenvalue weighted by Crippen LogP contribution is 2.38. The molecule has 1 atom stereocenters. The molecule has 2 aromatic rings. The van der Waals surface area contributed by atoms with Crippen molar-refractivity contribution < 1.29 is 9.53 Å². The summed E-state index contributed by atoms with van der Waals surface area (Å²) in [7, 11) is 0. The number of ether oxygens (including phenoxy) is 1. The van der Waals surface area contributed by atoms with E-state index >= 15 is 0 Å². The number of aromatic nitrogens is 1. The second-order valence-electron chi connectivity index (χ2n) is 6.55. The van der Waals surface area contributed by atoms with Gasteiger partial charge < -0.3 is 15.4 Å². The summed E-state index contributed by atoms with van der Waals surface area (Å²) in [4.78, 5) is 18.3. The number of rotatable bonds is 2. The molecule has 0 radical (unpaired) electrons. The maximum atomic E-state index is 11.1. The molecule has 6 heteroatoms. The molecule has 0 spiro atoms. The monoisotopic (exact) mass is 389 g/mol. The van der Waals surface area contributed by atoms with Crippen LogP contribution in [0.15, 0.2) is 22.7 Å². The van der Waals surface area contributed by atoms with Gasteiger partial charge in [0.15, 0.2) is 0 Å². The average molecular weight is 390 g/mol. The van der Waals surface area contributed by atoms with Crippen LogP contribution in [-0.2, 0) is 17.6 Å². The van der Waals surface area contributed by atoms with Crippen LogP contribution in [-0.4, -0.2) is 30.3 Å². The summed E-state index contributed by atoms with van der Waals surface area (Å²) in [6.45, 7) is 1.57. The standard InChI is InChI=1S/C18H20BrN3O2/c19-11-5-6-16-14(9-11)17(13-3-1-2-4-15(13)21-16)22-8-7-12(10-22)24-18(20)23/h5-6,9,12H,1-4,7-8,10H2,(H2,20,23)/t12-/m1/s1. The number of halogens is 1. The second-order valence-corrected chi connectivity index (χ2v) is 7.46. The Balaban J connectivity index is 1.81. The van der Waals surface area contributed by atoms with E-state index in [1.807, 2.05) is 6.07 Å². The number of pyridine rings is 1. The zero-order chi connectivity index (χ0) is 16.7. The van der Waals surface area contributed by atoms with E-state index in [0.29, 0.717) is 6.54 Å². The number of anilines is 1. The summed E-state index contributed by atoms with van der Waals surface area (Å²) in [5.41, 5.74) is 10.1. The molecular weight excluding hydrogens is 370 g/mol. The van der Waals surface area contributed by atoms with Crippen molar-refractivity contribution in [3.8, 4) is 0 Å². The first-order valence-electron chi connectivity index (χ1n) is 8.44. The van der Waals surface area contributed by atoms with E-state index in [1.165, 1.54) is 35.2 Å². The lowest BCUT2D eigenvalue weighted by atomic mass is 9.92. The quantitative estimate of drug-likeness (QED) is 0.852. The highest BCUT2D eigenvalue weighted by atomic mass is 79.9. The van der Waals surface area contributed by atoms with E-state index in [0.717, 1.165) is 35.8 Å². The smallest absolute Gasteiger partial charge is 0.404 e. The van der Waals surface area contributed by atoms with Crippen molar-refractivity contribution in [1.82, 2.24) is 4.98 Å². The van der Waals surface area contributed by atoms with Gasteiger partial charge in [-0.3, -0.25) is 4.98 Å². The van der Waals surface area contributed by atoms with Crippen LogP contribution >= 0.6 is 15.9 Å². The minimum atomic E-state index is -0.689. The van der Waals surface area contributed by atoms with E-state index in [4.69, 9.17) is 15.5 Å². The van der Waals surface area contributed by atoms with E-state index in [1.54, 1.807) is 0 Å². The molecule has 1 aromatic carbocycles. The van der Waals surface area contributed by atoms with Crippen LogP contribution in [0.2, 0.25) is 0 Å². The van der Waals surface area contributed by atoms with Crippen molar-refractivity contribution in [2.75, 3.05) is 18.0 Å². The zero-order valence-corrected chi connectivity index (χ0v) is 15.0. The minimum Gasteiger partial charge on any atom is -0.444 e. The van der Waals surface area contributed by atoms with Crippen LogP contribution in [0.4, 0.5) is 10.5 Å². The fourth-order valence-electron chi connectivity index (χ4n) is 3.92. The van der Waals surface area contributed by atoms with Gasteiger partial charge in [-0.05, 0) is 49.4 Å². The average Bonchev–Trinajstić information content (AvgIpc) is 3.00.